The van der Waals surface area contributed by atoms with Crippen molar-refractivity contribution in [1.29, 1.82) is 0 Å². The molecule has 1 unspecified atom stereocenters. The van der Waals surface area contributed by atoms with Crippen molar-refractivity contribution in [2.45, 2.75) is 6.04 Å². The molecular weight excluding hydrogens is 272 g/mol. The minimum absolute atomic E-state index is 0.364. The Labute approximate surface area is 120 Å². The summed E-state index contributed by atoms with van der Waals surface area (Å²) in [7, 11) is 0. The number of amides is 4. The van der Waals surface area contributed by atoms with Crippen LogP contribution in [0.4, 0.5) is 0 Å². The van der Waals surface area contributed by atoms with Gasteiger partial charge in [0.05, 0.1) is 11.7 Å². The third-order valence-electron chi connectivity index (χ3n) is 3.35. The Morgan fingerprint density at radius 3 is 1.86 bits per heavy atom. The Bertz CT molecular complexity index is 688. The summed E-state index contributed by atoms with van der Waals surface area (Å²) in [6, 6.07) is -0.607. The summed E-state index contributed by atoms with van der Waals surface area (Å²) in [5.74, 6) is -1.69. The van der Waals surface area contributed by atoms with Gasteiger partial charge in [-0.1, -0.05) is 12.7 Å². The minimum Gasteiger partial charge on any atom is -0.269 e. The summed E-state index contributed by atoms with van der Waals surface area (Å²) in [6.45, 7) is 3.81. The fraction of sp³-hybridized carbons (Fsp3) is 0.0667. The van der Waals surface area contributed by atoms with Crippen molar-refractivity contribution in [3.05, 3.63) is 60.4 Å². The summed E-state index contributed by atoms with van der Waals surface area (Å²) in [5, 5.41) is 0. The highest BCUT2D eigenvalue weighted by molar-refractivity contribution is 6.15. The van der Waals surface area contributed by atoms with E-state index >= 15 is 0 Å². The normalized spacial score (nSPS) is 24.7. The summed E-state index contributed by atoms with van der Waals surface area (Å²) < 4.78 is 0. The Morgan fingerprint density at radius 2 is 1.33 bits per heavy atom. The van der Waals surface area contributed by atoms with Gasteiger partial charge in [-0.15, -0.1) is 0 Å². The number of allylic oxidation sites excluding steroid dienone is 1. The zero-order valence-corrected chi connectivity index (χ0v) is 10.9. The fourth-order valence-corrected chi connectivity index (χ4v) is 2.37. The molecular formula is C15H10N2O4. The lowest BCUT2D eigenvalue weighted by atomic mass is 9.99. The quantitative estimate of drug-likeness (QED) is 0.679. The number of nitrogens with zero attached hydrogens (tertiary/aromatic N) is 2. The van der Waals surface area contributed by atoms with E-state index in [1.165, 1.54) is 36.5 Å². The molecule has 3 aliphatic rings. The van der Waals surface area contributed by atoms with E-state index in [1.54, 1.807) is 6.08 Å². The topological polar surface area (TPSA) is 74.8 Å². The molecule has 0 saturated heterocycles. The van der Waals surface area contributed by atoms with Gasteiger partial charge in [-0.3, -0.25) is 24.1 Å². The van der Waals surface area contributed by atoms with Crippen molar-refractivity contribution in [2.24, 2.45) is 0 Å². The summed E-state index contributed by atoms with van der Waals surface area (Å²) in [4.78, 5) is 48.6. The number of imide groups is 2. The molecule has 2 aliphatic heterocycles. The van der Waals surface area contributed by atoms with Crippen LogP contribution in [0.1, 0.15) is 0 Å². The molecule has 0 aromatic heterocycles. The van der Waals surface area contributed by atoms with Crippen LogP contribution >= 0.6 is 0 Å². The zero-order chi connectivity index (χ0) is 15.1. The maximum Gasteiger partial charge on any atom is 0.258 e. The molecule has 1 atom stereocenters. The van der Waals surface area contributed by atoms with Gasteiger partial charge >= 0.3 is 0 Å². The fourth-order valence-electron chi connectivity index (χ4n) is 2.37. The second-order valence-electron chi connectivity index (χ2n) is 4.67. The predicted molar refractivity (Wildman–Crippen MR) is 72.1 cm³/mol. The first kappa shape index (κ1) is 13.0. The first-order valence-electron chi connectivity index (χ1n) is 6.19. The molecule has 0 fully saturated rings. The van der Waals surface area contributed by atoms with Crippen LogP contribution < -0.4 is 0 Å². The van der Waals surface area contributed by atoms with Crippen LogP contribution in [0.2, 0.25) is 0 Å². The van der Waals surface area contributed by atoms with Crippen LogP contribution in [0.25, 0.3) is 0 Å². The van der Waals surface area contributed by atoms with Gasteiger partial charge in [0.25, 0.3) is 23.6 Å². The lowest BCUT2D eigenvalue weighted by molar-refractivity contribution is -0.138. The average Bonchev–Trinajstić information content (AvgIpc) is 2.94. The van der Waals surface area contributed by atoms with E-state index in [-0.39, 0.29) is 0 Å². The van der Waals surface area contributed by atoms with Gasteiger partial charge in [-0.05, 0) is 17.7 Å². The molecule has 0 radical (unpaired) electrons. The maximum absolute atomic E-state index is 11.7. The molecule has 21 heavy (non-hydrogen) atoms. The predicted octanol–water partition coefficient (Wildman–Crippen LogP) is 0.215. The maximum atomic E-state index is 11.7. The van der Waals surface area contributed by atoms with Crippen molar-refractivity contribution in [2.75, 3.05) is 0 Å². The Kier molecular flexibility index (Phi) is 2.79. The molecule has 0 saturated carbocycles. The van der Waals surface area contributed by atoms with Gasteiger partial charge in [0.1, 0.15) is 0 Å². The SMILES string of the molecule is C=C1C=C(N2C(=O)C=CC2=O)C=CC1N1C(=O)C=CC1=O. The van der Waals surface area contributed by atoms with E-state index in [9.17, 15) is 19.2 Å². The van der Waals surface area contributed by atoms with E-state index in [4.69, 9.17) is 0 Å². The van der Waals surface area contributed by atoms with Gasteiger partial charge in [0.15, 0.2) is 0 Å². The molecule has 4 amide bonds. The number of rotatable bonds is 2. The molecule has 1 aliphatic carbocycles. The molecule has 0 bridgehead atoms. The molecule has 0 spiro atoms. The lowest BCUT2D eigenvalue weighted by Gasteiger charge is -2.28. The van der Waals surface area contributed by atoms with Crippen LogP contribution in [0, 0.1) is 0 Å². The Balaban J connectivity index is 1.85. The molecule has 0 aromatic rings. The van der Waals surface area contributed by atoms with Gasteiger partial charge in [-0.2, -0.15) is 0 Å². The first-order valence-corrected chi connectivity index (χ1v) is 6.19. The van der Waals surface area contributed by atoms with Crippen LogP contribution in [-0.4, -0.2) is 39.5 Å². The van der Waals surface area contributed by atoms with E-state index < -0.39 is 29.7 Å². The van der Waals surface area contributed by atoms with Crippen molar-refractivity contribution in [3.63, 3.8) is 0 Å². The Hall–Kier alpha value is -3.02. The van der Waals surface area contributed by atoms with Crippen LogP contribution in [0.15, 0.2) is 60.4 Å². The number of hydrogen-bond donors (Lipinski definition) is 0. The van der Waals surface area contributed by atoms with Gasteiger partial charge in [0, 0.05) is 24.3 Å². The third kappa shape index (κ3) is 1.97. The van der Waals surface area contributed by atoms with Crippen molar-refractivity contribution < 1.29 is 19.2 Å². The zero-order valence-electron chi connectivity index (χ0n) is 10.9. The summed E-state index contributed by atoms with van der Waals surface area (Å²) in [6.07, 6.45) is 9.37. The van der Waals surface area contributed by atoms with Gasteiger partial charge < -0.3 is 0 Å². The minimum atomic E-state index is -0.607. The van der Waals surface area contributed by atoms with Crippen LogP contribution in [0.5, 0.6) is 0 Å². The lowest BCUT2D eigenvalue weighted by Crippen LogP contribution is -2.41. The smallest absolute Gasteiger partial charge is 0.258 e. The van der Waals surface area contributed by atoms with Gasteiger partial charge in [-0.25, -0.2) is 4.90 Å². The Morgan fingerprint density at radius 1 is 0.810 bits per heavy atom. The number of carbonyl (C=O) groups is 4. The summed E-state index contributed by atoms with van der Waals surface area (Å²) in [5.41, 5.74) is 0.814. The van der Waals surface area contributed by atoms with Crippen LogP contribution in [-0.2, 0) is 19.2 Å². The largest absolute Gasteiger partial charge is 0.269 e. The van der Waals surface area contributed by atoms with E-state index in [1.807, 2.05) is 0 Å². The average molecular weight is 282 g/mol. The summed E-state index contributed by atoms with van der Waals surface area (Å²) >= 11 is 0. The molecule has 6 heteroatoms. The molecule has 3 rings (SSSR count). The molecule has 6 nitrogen and oxygen atoms in total. The first-order chi connectivity index (χ1) is 9.99. The molecule has 0 aromatic carbocycles. The van der Waals surface area contributed by atoms with Crippen molar-refractivity contribution in [3.8, 4) is 0 Å². The molecule has 0 N–H and O–H groups in total. The van der Waals surface area contributed by atoms with E-state index in [0.717, 1.165) is 9.80 Å². The number of hydrogen-bond acceptors (Lipinski definition) is 4. The van der Waals surface area contributed by atoms with Gasteiger partial charge in [0.2, 0.25) is 0 Å². The monoisotopic (exact) mass is 282 g/mol. The second-order valence-corrected chi connectivity index (χ2v) is 4.67. The molecule has 2 heterocycles. The standard InChI is InChI=1S/C15H10N2O4/c1-9-8-10(16-12(18)4-5-13(16)19)2-3-11(9)17-14(20)6-7-15(17)21/h2-8,11H,1H2. The van der Waals surface area contributed by atoms with E-state index in [2.05, 4.69) is 6.58 Å². The van der Waals surface area contributed by atoms with Crippen molar-refractivity contribution in [1.82, 2.24) is 9.80 Å². The third-order valence-corrected chi connectivity index (χ3v) is 3.35. The van der Waals surface area contributed by atoms with E-state index in [0.29, 0.717) is 11.3 Å². The second kappa shape index (κ2) is 4.52. The van der Waals surface area contributed by atoms with Crippen LogP contribution in [0.3, 0.4) is 0 Å². The highest BCUT2D eigenvalue weighted by Gasteiger charge is 2.34. The number of carbonyl (C=O) groups excluding carboxylic acids is 4. The molecule has 104 valence electrons. The highest BCUT2D eigenvalue weighted by Crippen LogP contribution is 2.26. The highest BCUT2D eigenvalue weighted by atomic mass is 16.2. The van der Waals surface area contributed by atoms with Crippen molar-refractivity contribution >= 4 is 23.6 Å².